The fourth-order valence-electron chi connectivity index (χ4n) is 4.66. The number of aromatic nitrogens is 1. The molecule has 0 aliphatic heterocycles. The number of amides is 1. The number of carbonyl (C=O) groups excluding carboxylic acids is 1. The number of thiophene rings is 1. The Morgan fingerprint density at radius 2 is 1.76 bits per heavy atom. The summed E-state index contributed by atoms with van der Waals surface area (Å²) in [4.78, 5) is 14.2. The summed E-state index contributed by atoms with van der Waals surface area (Å²) >= 11 is 1.46. The van der Waals surface area contributed by atoms with Crippen molar-refractivity contribution in [1.29, 1.82) is 10.5 Å². The van der Waals surface area contributed by atoms with Crippen molar-refractivity contribution in [2.24, 2.45) is 0 Å². The molecule has 5 nitrogen and oxygen atoms in total. The van der Waals surface area contributed by atoms with Gasteiger partial charge in [0.15, 0.2) is 0 Å². The standard InChI is InChI=1S/C27H26N4OS/c1-16-9-17(2)11-22(10-16)31-18(3)12-20(19(31)4)13-21(14-28)26(32)30-27-24(15-29)23-7-5-6-8-25(23)33-27/h9-13H,5-8H2,1-4H3,(H,30,32)/b21-13+. The van der Waals surface area contributed by atoms with Gasteiger partial charge in [-0.05, 0) is 99.9 Å². The normalized spacial score (nSPS) is 13.2. The van der Waals surface area contributed by atoms with E-state index in [2.05, 4.69) is 48.0 Å². The molecule has 3 aromatic rings. The van der Waals surface area contributed by atoms with Crippen LogP contribution in [0.3, 0.4) is 0 Å². The molecule has 0 saturated carbocycles. The van der Waals surface area contributed by atoms with Gasteiger partial charge in [0.2, 0.25) is 0 Å². The largest absolute Gasteiger partial charge is 0.318 e. The molecule has 1 N–H and O–H groups in total. The number of nitriles is 2. The van der Waals surface area contributed by atoms with Gasteiger partial charge in [0.1, 0.15) is 22.7 Å². The molecule has 0 fully saturated rings. The second kappa shape index (κ2) is 9.10. The van der Waals surface area contributed by atoms with Crippen molar-refractivity contribution in [1.82, 2.24) is 4.57 Å². The Hall–Kier alpha value is -3.61. The first-order valence-electron chi connectivity index (χ1n) is 11.1. The zero-order valence-electron chi connectivity index (χ0n) is 19.4. The highest BCUT2D eigenvalue weighted by atomic mass is 32.1. The Morgan fingerprint density at radius 3 is 2.42 bits per heavy atom. The zero-order valence-corrected chi connectivity index (χ0v) is 20.2. The lowest BCUT2D eigenvalue weighted by Crippen LogP contribution is -2.13. The van der Waals surface area contributed by atoms with Gasteiger partial charge in [-0.25, -0.2) is 0 Å². The van der Waals surface area contributed by atoms with E-state index in [1.807, 2.05) is 26.0 Å². The van der Waals surface area contributed by atoms with Crippen molar-refractivity contribution in [2.75, 3.05) is 5.32 Å². The van der Waals surface area contributed by atoms with Gasteiger partial charge < -0.3 is 9.88 Å². The fourth-order valence-corrected chi connectivity index (χ4v) is 5.89. The summed E-state index contributed by atoms with van der Waals surface area (Å²) in [6.07, 6.45) is 5.61. The van der Waals surface area contributed by atoms with E-state index in [-0.39, 0.29) is 5.57 Å². The maximum atomic E-state index is 13.0. The summed E-state index contributed by atoms with van der Waals surface area (Å²) in [5.41, 5.74) is 7.86. The van der Waals surface area contributed by atoms with Crippen LogP contribution in [0.4, 0.5) is 5.00 Å². The van der Waals surface area contributed by atoms with E-state index in [0.29, 0.717) is 10.6 Å². The van der Waals surface area contributed by atoms with Crippen LogP contribution in [0.2, 0.25) is 0 Å². The van der Waals surface area contributed by atoms with Crippen molar-refractivity contribution >= 4 is 28.3 Å². The number of hydrogen-bond donors (Lipinski definition) is 1. The molecular weight excluding hydrogens is 428 g/mol. The number of nitrogens with zero attached hydrogens (tertiary/aromatic N) is 3. The molecule has 2 aromatic heterocycles. The lowest BCUT2D eigenvalue weighted by atomic mass is 9.96. The molecule has 0 radical (unpaired) electrons. The monoisotopic (exact) mass is 454 g/mol. The summed E-state index contributed by atoms with van der Waals surface area (Å²) in [6.45, 7) is 8.15. The van der Waals surface area contributed by atoms with Crippen molar-refractivity contribution in [3.05, 3.63) is 73.9 Å². The summed E-state index contributed by atoms with van der Waals surface area (Å²) in [5.74, 6) is -0.483. The maximum Gasteiger partial charge on any atom is 0.266 e. The second-order valence-electron chi connectivity index (χ2n) is 8.66. The fraction of sp³-hybridized carbons (Fsp3) is 0.296. The van der Waals surface area contributed by atoms with E-state index in [1.165, 1.54) is 27.3 Å². The number of hydrogen-bond acceptors (Lipinski definition) is 4. The molecule has 6 heteroatoms. The van der Waals surface area contributed by atoms with E-state index in [9.17, 15) is 15.3 Å². The maximum absolute atomic E-state index is 13.0. The van der Waals surface area contributed by atoms with Crippen LogP contribution in [0.5, 0.6) is 0 Å². The van der Waals surface area contributed by atoms with Gasteiger partial charge in [0.05, 0.1) is 5.56 Å². The van der Waals surface area contributed by atoms with Crippen molar-refractivity contribution in [3.8, 4) is 17.8 Å². The Labute approximate surface area is 198 Å². The first-order valence-corrected chi connectivity index (χ1v) is 11.9. The molecule has 0 bridgehead atoms. The van der Waals surface area contributed by atoms with Crippen molar-refractivity contribution < 1.29 is 4.79 Å². The number of rotatable bonds is 4. The third-order valence-corrected chi connectivity index (χ3v) is 7.32. The first-order chi connectivity index (χ1) is 15.8. The zero-order chi connectivity index (χ0) is 23.7. The number of carbonyl (C=O) groups is 1. The highest BCUT2D eigenvalue weighted by Crippen LogP contribution is 2.37. The van der Waals surface area contributed by atoms with Gasteiger partial charge in [-0.15, -0.1) is 11.3 Å². The van der Waals surface area contributed by atoms with Crippen LogP contribution < -0.4 is 5.32 Å². The molecule has 1 amide bonds. The first kappa shape index (κ1) is 22.6. The summed E-state index contributed by atoms with van der Waals surface area (Å²) in [6, 6.07) is 12.7. The predicted octanol–water partition coefficient (Wildman–Crippen LogP) is 6.07. The summed E-state index contributed by atoms with van der Waals surface area (Å²) in [5, 5.41) is 22.8. The van der Waals surface area contributed by atoms with Crippen molar-refractivity contribution in [3.63, 3.8) is 0 Å². The minimum Gasteiger partial charge on any atom is -0.318 e. The van der Waals surface area contributed by atoms with E-state index >= 15 is 0 Å². The van der Waals surface area contributed by atoms with Crippen LogP contribution in [0, 0.1) is 50.4 Å². The number of nitrogens with one attached hydrogen (secondary N) is 1. The lowest BCUT2D eigenvalue weighted by Gasteiger charge is -2.12. The minimum atomic E-state index is -0.483. The molecule has 0 spiro atoms. The van der Waals surface area contributed by atoms with Gasteiger partial charge in [-0.2, -0.15) is 10.5 Å². The number of anilines is 1. The molecule has 1 aromatic carbocycles. The molecule has 0 atom stereocenters. The average molecular weight is 455 g/mol. The van der Waals surface area contributed by atoms with Crippen LogP contribution in [-0.4, -0.2) is 10.5 Å². The SMILES string of the molecule is Cc1cc(C)cc(-n2c(C)cc(/C=C(\C#N)C(=O)Nc3sc4c(c3C#N)CCCC4)c2C)c1. The average Bonchev–Trinajstić information content (AvgIpc) is 3.26. The van der Waals surface area contributed by atoms with E-state index in [4.69, 9.17) is 0 Å². The number of fused-ring (bicyclic) bond motifs is 1. The third-order valence-electron chi connectivity index (χ3n) is 6.11. The molecule has 2 heterocycles. The van der Waals surface area contributed by atoms with Gasteiger partial charge >= 0.3 is 0 Å². The highest BCUT2D eigenvalue weighted by molar-refractivity contribution is 7.16. The molecule has 1 aliphatic carbocycles. The Balaban J connectivity index is 1.67. The topological polar surface area (TPSA) is 81.6 Å². The van der Waals surface area contributed by atoms with Crippen LogP contribution in [0.25, 0.3) is 11.8 Å². The Bertz CT molecular complexity index is 1350. The molecule has 0 saturated heterocycles. The molecule has 166 valence electrons. The third kappa shape index (κ3) is 4.35. The Morgan fingerprint density at radius 1 is 1.06 bits per heavy atom. The van der Waals surface area contributed by atoms with Gasteiger partial charge in [-0.3, -0.25) is 4.79 Å². The molecule has 1 aliphatic rings. The van der Waals surface area contributed by atoms with Gasteiger partial charge in [0, 0.05) is 22.0 Å². The van der Waals surface area contributed by atoms with E-state index < -0.39 is 5.91 Å². The molecular formula is C27H26N4OS. The highest BCUT2D eigenvalue weighted by Gasteiger charge is 2.23. The van der Waals surface area contributed by atoms with Crippen LogP contribution in [0.1, 0.15) is 56.9 Å². The van der Waals surface area contributed by atoms with Crippen LogP contribution >= 0.6 is 11.3 Å². The van der Waals surface area contributed by atoms with Gasteiger partial charge in [0.25, 0.3) is 5.91 Å². The van der Waals surface area contributed by atoms with Gasteiger partial charge in [-0.1, -0.05) is 6.07 Å². The van der Waals surface area contributed by atoms with Crippen LogP contribution in [-0.2, 0) is 17.6 Å². The number of aryl methyl sites for hydroxylation is 4. The minimum absolute atomic E-state index is 0.0194. The quantitative estimate of drug-likeness (QED) is 0.384. The van der Waals surface area contributed by atoms with Crippen LogP contribution in [0.15, 0.2) is 29.8 Å². The molecule has 4 rings (SSSR count). The molecule has 33 heavy (non-hydrogen) atoms. The second-order valence-corrected chi connectivity index (χ2v) is 9.76. The Kier molecular flexibility index (Phi) is 6.22. The van der Waals surface area contributed by atoms with Crippen molar-refractivity contribution in [2.45, 2.75) is 53.4 Å². The summed E-state index contributed by atoms with van der Waals surface area (Å²) < 4.78 is 2.14. The summed E-state index contributed by atoms with van der Waals surface area (Å²) in [7, 11) is 0. The lowest BCUT2D eigenvalue weighted by molar-refractivity contribution is -0.112. The number of benzene rings is 1. The van der Waals surface area contributed by atoms with E-state index in [0.717, 1.165) is 53.9 Å². The molecule has 0 unspecified atom stereocenters. The van der Waals surface area contributed by atoms with E-state index in [1.54, 1.807) is 6.08 Å². The smallest absolute Gasteiger partial charge is 0.266 e. The predicted molar refractivity (Wildman–Crippen MR) is 133 cm³/mol.